The van der Waals surface area contributed by atoms with Crippen molar-refractivity contribution in [1.82, 2.24) is 10.6 Å². The number of alkyl halides is 3. The molecule has 0 amide bonds. The van der Waals surface area contributed by atoms with Crippen LogP contribution < -0.4 is 10.6 Å². The fraction of sp³-hybridized carbons (Fsp3) is 0.316. The molecule has 152 valence electrons. The van der Waals surface area contributed by atoms with Gasteiger partial charge < -0.3 is 15.7 Å². The smallest absolute Gasteiger partial charge is 0.386 e. The number of nitrogens with zero attached hydrogens (tertiary/aromatic N) is 1. The molecule has 0 radical (unpaired) electrons. The summed E-state index contributed by atoms with van der Waals surface area (Å²) in [4.78, 5) is 4.04. The summed E-state index contributed by atoms with van der Waals surface area (Å²) in [6.07, 6.45) is -5.89. The molecule has 0 saturated carbocycles. The average molecular weight is 401 g/mol. The standard InChI is InChI=1S/C19H20F5N3O/c1-2-25-18(27-11-17(28)14-5-3-4-6-16(14)21)26-10-12-7-8-13(20)9-15(12)19(22,23)24/h3-9,17,28H,2,10-11H2,1H3,(H2,25,26,27). The Balaban J connectivity index is 2.12. The van der Waals surface area contributed by atoms with E-state index in [4.69, 9.17) is 0 Å². The molecule has 0 aliphatic carbocycles. The summed E-state index contributed by atoms with van der Waals surface area (Å²) in [5.74, 6) is -1.42. The van der Waals surface area contributed by atoms with Crippen LogP contribution in [0.25, 0.3) is 0 Å². The summed E-state index contributed by atoms with van der Waals surface area (Å²) in [5, 5.41) is 15.7. The topological polar surface area (TPSA) is 56.7 Å². The van der Waals surface area contributed by atoms with Gasteiger partial charge >= 0.3 is 6.18 Å². The van der Waals surface area contributed by atoms with Gasteiger partial charge in [-0.15, -0.1) is 0 Å². The first-order valence-corrected chi connectivity index (χ1v) is 8.52. The molecule has 0 fully saturated rings. The van der Waals surface area contributed by atoms with Crippen molar-refractivity contribution in [3.63, 3.8) is 0 Å². The van der Waals surface area contributed by atoms with Crippen LogP contribution in [0.5, 0.6) is 0 Å². The van der Waals surface area contributed by atoms with Gasteiger partial charge in [-0.1, -0.05) is 24.3 Å². The molecule has 9 heteroatoms. The fourth-order valence-corrected chi connectivity index (χ4v) is 2.51. The number of benzene rings is 2. The summed E-state index contributed by atoms with van der Waals surface area (Å²) >= 11 is 0. The van der Waals surface area contributed by atoms with Crippen LogP contribution in [-0.2, 0) is 12.7 Å². The molecule has 1 unspecified atom stereocenters. The minimum atomic E-state index is -4.71. The van der Waals surface area contributed by atoms with Gasteiger partial charge in [0.25, 0.3) is 0 Å². The molecule has 0 saturated heterocycles. The summed E-state index contributed by atoms with van der Waals surface area (Å²) in [6, 6.07) is 8.10. The monoisotopic (exact) mass is 401 g/mol. The van der Waals surface area contributed by atoms with E-state index in [-0.39, 0.29) is 30.2 Å². The zero-order chi connectivity index (χ0) is 20.7. The number of halogens is 5. The Morgan fingerprint density at radius 1 is 1.11 bits per heavy atom. The van der Waals surface area contributed by atoms with E-state index in [1.54, 1.807) is 13.0 Å². The third-order valence-corrected chi connectivity index (χ3v) is 3.86. The summed E-state index contributed by atoms with van der Waals surface area (Å²) in [6.45, 7) is 1.70. The largest absolute Gasteiger partial charge is 0.416 e. The molecular weight excluding hydrogens is 381 g/mol. The van der Waals surface area contributed by atoms with E-state index in [1.165, 1.54) is 18.2 Å². The van der Waals surface area contributed by atoms with Crippen molar-refractivity contribution < 1.29 is 27.1 Å². The molecular formula is C19H20F5N3O. The molecule has 0 bridgehead atoms. The van der Waals surface area contributed by atoms with Gasteiger partial charge in [-0.25, -0.2) is 13.8 Å². The Bertz CT molecular complexity index is 823. The van der Waals surface area contributed by atoms with Crippen LogP contribution in [0.3, 0.4) is 0 Å². The maximum absolute atomic E-state index is 13.7. The number of rotatable bonds is 6. The predicted molar refractivity (Wildman–Crippen MR) is 95.6 cm³/mol. The molecule has 3 N–H and O–H groups in total. The molecule has 0 aromatic heterocycles. The average Bonchev–Trinajstić information content (AvgIpc) is 2.64. The molecule has 0 heterocycles. The zero-order valence-corrected chi connectivity index (χ0v) is 15.0. The van der Waals surface area contributed by atoms with E-state index in [2.05, 4.69) is 15.6 Å². The first kappa shape index (κ1) is 21.6. The first-order chi connectivity index (χ1) is 13.2. The second-order valence-electron chi connectivity index (χ2n) is 5.91. The lowest BCUT2D eigenvalue weighted by Gasteiger charge is -2.16. The second-order valence-corrected chi connectivity index (χ2v) is 5.91. The first-order valence-electron chi connectivity index (χ1n) is 8.52. The lowest BCUT2D eigenvalue weighted by atomic mass is 10.1. The lowest BCUT2D eigenvalue weighted by Crippen LogP contribution is -2.39. The van der Waals surface area contributed by atoms with Gasteiger partial charge in [0, 0.05) is 18.7 Å². The number of aliphatic hydroxyl groups is 1. The van der Waals surface area contributed by atoms with Gasteiger partial charge in [0.15, 0.2) is 5.96 Å². The highest BCUT2D eigenvalue weighted by atomic mass is 19.4. The van der Waals surface area contributed by atoms with E-state index in [1.807, 2.05) is 0 Å². The van der Waals surface area contributed by atoms with Gasteiger partial charge in [-0.2, -0.15) is 13.2 Å². The van der Waals surface area contributed by atoms with Gasteiger partial charge in [-0.3, -0.25) is 0 Å². The van der Waals surface area contributed by atoms with Crippen LogP contribution in [0.1, 0.15) is 29.7 Å². The highest BCUT2D eigenvalue weighted by molar-refractivity contribution is 5.79. The van der Waals surface area contributed by atoms with Crippen LogP contribution in [0.15, 0.2) is 47.5 Å². The van der Waals surface area contributed by atoms with E-state index in [0.717, 1.165) is 12.1 Å². The van der Waals surface area contributed by atoms with E-state index >= 15 is 0 Å². The quantitative estimate of drug-likeness (QED) is 0.392. The number of hydrogen-bond acceptors (Lipinski definition) is 2. The van der Waals surface area contributed by atoms with E-state index in [0.29, 0.717) is 12.6 Å². The van der Waals surface area contributed by atoms with Crippen molar-refractivity contribution in [1.29, 1.82) is 0 Å². The maximum atomic E-state index is 13.7. The van der Waals surface area contributed by atoms with Crippen LogP contribution in [-0.4, -0.2) is 24.2 Å². The Hall–Kier alpha value is -2.68. The van der Waals surface area contributed by atoms with Gasteiger partial charge in [0.1, 0.15) is 11.6 Å². The lowest BCUT2D eigenvalue weighted by molar-refractivity contribution is -0.138. The third-order valence-electron chi connectivity index (χ3n) is 3.86. The van der Waals surface area contributed by atoms with Crippen LogP contribution in [0.4, 0.5) is 22.0 Å². The summed E-state index contributed by atoms with van der Waals surface area (Å²) in [5.41, 5.74) is -1.21. The van der Waals surface area contributed by atoms with Crippen LogP contribution in [0.2, 0.25) is 0 Å². The van der Waals surface area contributed by atoms with Crippen molar-refractivity contribution in [2.75, 3.05) is 13.1 Å². The Morgan fingerprint density at radius 2 is 1.82 bits per heavy atom. The predicted octanol–water partition coefficient (Wildman–Crippen LogP) is 3.77. The molecule has 2 aromatic rings. The van der Waals surface area contributed by atoms with Gasteiger partial charge in [0.2, 0.25) is 0 Å². The number of aliphatic imine (C=N–C) groups is 1. The van der Waals surface area contributed by atoms with E-state index in [9.17, 15) is 27.1 Å². The SMILES string of the molecule is CCNC(=NCc1ccc(F)cc1C(F)(F)F)NCC(O)c1ccccc1F. The van der Waals surface area contributed by atoms with E-state index < -0.39 is 29.5 Å². The minimum Gasteiger partial charge on any atom is -0.386 e. The molecule has 1 atom stereocenters. The molecule has 0 spiro atoms. The molecule has 2 rings (SSSR count). The van der Waals surface area contributed by atoms with Crippen LogP contribution >= 0.6 is 0 Å². The van der Waals surface area contributed by atoms with Crippen LogP contribution in [0, 0.1) is 11.6 Å². The zero-order valence-electron chi connectivity index (χ0n) is 15.0. The summed E-state index contributed by atoms with van der Waals surface area (Å²) < 4.78 is 66.1. The Labute approximate surface area is 159 Å². The highest BCUT2D eigenvalue weighted by Crippen LogP contribution is 2.32. The molecule has 0 aliphatic rings. The second kappa shape index (κ2) is 9.50. The van der Waals surface area contributed by atoms with Crippen molar-refractivity contribution in [2.24, 2.45) is 4.99 Å². The number of nitrogens with one attached hydrogen (secondary N) is 2. The van der Waals surface area contributed by atoms with Crippen molar-refractivity contribution >= 4 is 5.96 Å². The number of aliphatic hydroxyl groups excluding tert-OH is 1. The Kier molecular flexibility index (Phi) is 7.33. The maximum Gasteiger partial charge on any atom is 0.416 e. The van der Waals surface area contributed by atoms with Crippen molar-refractivity contribution in [3.8, 4) is 0 Å². The molecule has 2 aromatic carbocycles. The highest BCUT2D eigenvalue weighted by Gasteiger charge is 2.33. The third kappa shape index (κ3) is 5.91. The number of guanidine groups is 1. The molecule has 4 nitrogen and oxygen atoms in total. The normalized spacial score (nSPS) is 13.3. The minimum absolute atomic E-state index is 0.0868. The summed E-state index contributed by atoms with van der Waals surface area (Å²) in [7, 11) is 0. The molecule has 28 heavy (non-hydrogen) atoms. The number of hydrogen-bond donors (Lipinski definition) is 3. The van der Waals surface area contributed by atoms with Gasteiger partial charge in [0.05, 0.1) is 18.2 Å². The fourth-order valence-electron chi connectivity index (χ4n) is 2.51. The molecule has 0 aliphatic heterocycles. The Morgan fingerprint density at radius 3 is 2.46 bits per heavy atom. The van der Waals surface area contributed by atoms with Crippen molar-refractivity contribution in [3.05, 3.63) is 70.8 Å². The van der Waals surface area contributed by atoms with Gasteiger partial charge in [-0.05, 0) is 30.7 Å². The van der Waals surface area contributed by atoms with Crippen molar-refractivity contribution in [2.45, 2.75) is 25.7 Å².